The molecule has 0 aliphatic heterocycles. The van der Waals surface area contributed by atoms with Gasteiger partial charge in [-0.2, -0.15) is 0 Å². The molecule has 0 radical (unpaired) electrons. The Morgan fingerprint density at radius 3 is 1.14 bits per heavy atom. The van der Waals surface area contributed by atoms with Crippen LogP contribution in [0.3, 0.4) is 0 Å². The fourth-order valence-electron chi connectivity index (χ4n) is 6.86. The zero-order valence-corrected chi connectivity index (χ0v) is 34.8. The quantitative estimate of drug-likeness (QED) is 0.0175. The van der Waals surface area contributed by atoms with E-state index in [0.717, 1.165) is 114 Å². The van der Waals surface area contributed by atoms with Crippen molar-refractivity contribution >= 4 is 23.3 Å². The minimum atomic E-state index is -0.989. The molecular weight excluding hydrogens is 713 g/mol. The first kappa shape index (κ1) is 48.2. The topological polar surface area (TPSA) is 145 Å². The Bertz CT molecular complexity index is 1280. The van der Waals surface area contributed by atoms with Crippen LogP contribution in [-0.4, -0.2) is 70.2 Å². The average Bonchev–Trinajstić information content (AvgIpc) is 3.19. The van der Waals surface area contributed by atoms with E-state index in [2.05, 4.69) is 37.5 Å². The molecule has 2 unspecified atom stereocenters. The van der Waals surface area contributed by atoms with Crippen molar-refractivity contribution in [2.75, 3.05) is 26.2 Å². The van der Waals surface area contributed by atoms with E-state index in [1.165, 1.54) is 37.1 Å². The van der Waals surface area contributed by atoms with Gasteiger partial charge in [-0.15, -0.1) is 0 Å². The summed E-state index contributed by atoms with van der Waals surface area (Å²) in [6, 6.07) is 13.1. The maximum Gasteiger partial charge on any atom is 0.419 e. The number of carbonyl (C=O) groups excluding carboxylic acids is 2. The molecule has 12 nitrogen and oxygen atoms in total. The number of unbranched alkanes of at least 4 members (excludes halogenated alkanes) is 10. The molecule has 0 aliphatic rings. The lowest BCUT2D eigenvalue weighted by atomic mass is 10.1. The molecule has 0 bridgehead atoms. The molecule has 0 aliphatic carbocycles. The van der Waals surface area contributed by atoms with Gasteiger partial charge in [-0.25, -0.2) is 9.59 Å². The number of benzene rings is 2. The van der Waals surface area contributed by atoms with Gasteiger partial charge < -0.3 is 9.47 Å². The summed E-state index contributed by atoms with van der Waals surface area (Å²) in [7, 11) is 0. The largest absolute Gasteiger partial charge is 0.438 e. The number of carbonyl (C=O) groups is 2. The van der Waals surface area contributed by atoms with E-state index in [1.807, 2.05) is 0 Å². The highest BCUT2D eigenvalue weighted by atomic mass is 16.6. The molecule has 2 aromatic rings. The molecule has 2 aromatic carbocycles. The Labute approximate surface area is 336 Å². The number of hydrogen-bond donors (Lipinski definition) is 0. The Morgan fingerprint density at radius 1 is 0.500 bits per heavy atom. The van der Waals surface area contributed by atoms with Crippen LogP contribution in [0.2, 0.25) is 0 Å². The number of nitro groups is 2. The van der Waals surface area contributed by atoms with Gasteiger partial charge in [0.25, 0.3) is 11.4 Å². The second-order valence-corrected chi connectivity index (χ2v) is 15.0. The highest BCUT2D eigenvalue weighted by Crippen LogP contribution is 2.21. The van der Waals surface area contributed by atoms with Gasteiger partial charge in [0.1, 0.15) is 0 Å². The van der Waals surface area contributed by atoms with Crippen LogP contribution in [0.25, 0.3) is 0 Å². The molecule has 0 saturated heterocycles. The fraction of sp³-hybridized carbons (Fsp3) is 0.682. The predicted molar refractivity (Wildman–Crippen MR) is 222 cm³/mol. The van der Waals surface area contributed by atoms with Crippen molar-refractivity contribution in [3.8, 4) is 0 Å². The van der Waals surface area contributed by atoms with Gasteiger partial charge in [-0.05, 0) is 75.3 Å². The van der Waals surface area contributed by atoms with Crippen LogP contribution in [0.15, 0.2) is 48.5 Å². The maximum absolute atomic E-state index is 13.7. The molecule has 0 N–H and O–H groups in total. The average molecular weight is 783 g/mol. The van der Waals surface area contributed by atoms with Crippen LogP contribution in [0, 0.1) is 20.2 Å². The number of esters is 2. The molecule has 0 aromatic heterocycles. The highest BCUT2D eigenvalue weighted by Gasteiger charge is 2.30. The van der Waals surface area contributed by atoms with Gasteiger partial charge in [0.15, 0.2) is 12.5 Å². The lowest BCUT2D eigenvalue weighted by Gasteiger charge is -2.33. The summed E-state index contributed by atoms with van der Waals surface area (Å²) in [5.74, 6) is -1.98. The van der Waals surface area contributed by atoms with Gasteiger partial charge in [0.2, 0.25) is 0 Å². The molecule has 0 amide bonds. The smallest absolute Gasteiger partial charge is 0.419 e. The second-order valence-electron chi connectivity index (χ2n) is 15.0. The zero-order chi connectivity index (χ0) is 41.0. The molecule has 0 heterocycles. The molecule has 56 heavy (non-hydrogen) atoms. The van der Waals surface area contributed by atoms with E-state index in [-0.39, 0.29) is 11.4 Å². The summed E-state index contributed by atoms with van der Waals surface area (Å²) in [5.41, 5.74) is 2.00. The summed E-state index contributed by atoms with van der Waals surface area (Å²) in [6.45, 7) is 11.6. The van der Waals surface area contributed by atoms with Crippen molar-refractivity contribution in [1.82, 2.24) is 9.80 Å². The van der Waals surface area contributed by atoms with Crippen molar-refractivity contribution < 1.29 is 28.9 Å². The Hall–Kier alpha value is -3.90. The number of nitro benzene ring substituents is 2. The maximum atomic E-state index is 13.7. The molecule has 0 saturated carbocycles. The van der Waals surface area contributed by atoms with Crippen molar-refractivity contribution in [3.05, 3.63) is 79.9 Å². The molecule has 0 fully saturated rings. The van der Waals surface area contributed by atoms with Crippen LogP contribution < -0.4 is 0 Å². The molecule has 12 heteroatoms. The van der Waals surface area contributed by atoms with Gasteiger partial charge in [-0.3, -0.25) is 30.0 Å². The third-order valence-corrected chi connectivity index (χ3v) is 10.3. The monoisotopic (exact) mass is 783 g/mol. The minimum absolute atomic E-state index is 0.0438. The SMILES string of the molecule is CCCCCCCN(CCCC)C(CCCc1ccc([N+](=O)[O-])cc1)OC(=O)C(=O)OC(CCCc1ccc([N+](=O)[O-])cc1)N(CCCC)CCCCCCC. The lowest BCUT2D eigenvalue weighted by molar-refractivity contribution is -0.385. The summed E-state index contributed by atoms with van der Waals surface area (Å²) < 4.78 is 12.2. The predicted octanol–water partition coefficient (Wildman–Crippen LogP) is 10.7. The zero-order valence-electron chi connectivity index (χ0n) is 34.8. The van der Waals surface area contributed by atoms with Crippen LogP contribution in [0.1, 0.15) is 154 Å². The van der Waals surface area contributed by atoms with Crippen LogP contribution in [0.5, 0.6) is 0 Å². The number of hydrogen-bond acceptors (Lipinski definition) is 10. The highest BCUT2D eigenvalue weighted by molar-refractivity contribution is 6.29. The first-order valence-corrected chi connectivity index (χ1v) is 21.5. The lowest BCUT2D eigenvalue weighted by Crippen LogP contribution is -2.44. The van der Waals surface area contributed by atoms with E-state index in [1.54, 1.807) is 24.3 Å². The first-order valence-electron chi connectivity index (χ1n) is 21.5. The van der Waals surface area contributed by atoms with Crippen LogP contribution in [-0.2, 0) is 31.9 Å². The van der Waals surface area contributed by atoms with Crippen molar-refractivity contribution in [1.29, 1.82) is 0 Å². The van der Waals surface area contributed by atoms with E-state index < -0.39 is 34.2 Å². The van der Waals surface area contributed by atoms with Crippen molar-refractivity contribution in [3.63, 3.8) is 0 Å². The summed E-state index contributed by atoms with van der Waals surface area (Å²) in [5, 5.41) is 22.3. The fourth-order valence-corrected chi connectivity index (χ4v) is 6.86. The number of nitrogens with zero attached hydrogens (tertiary/aromatic N) is 4. The van der Waals surface area contributed by atoms with E-state index in [9.17, 15) is 29.8 Å². The number of ether oxygens (including phenoxy) is 2. The molecular formula is C44H70N4O8. The van der Waals surface area contributed by atoms with Crippen LogP contribution in [0.4, 0.5) is 11.4 Å². The van der Waals surface area contributed by atoms with Gasteiger partial charge >= 0.3 is 11.9 Å². The second kappa shape index (κ2) is 29.4. The minimum Gasteiger partial charge on any atom is -0.438 e. The van der Waals surface area contributed by atoms with Crippen LogP contribution >= 0.6 is 0 Å². The Kier molecular flexibility index (Phi) is 25.3. The number of aryl methyl sites for hydroxylation is 2. The number of non-ortho nitro benzene ring substituents is 2. The number of rotatable bonds is 32. The third kappa shape index (κ3) is 19.8. The molecule has 314 valence electrons. The van der Waals surface area contributed by atoms with E-state index in [4.69, 9.17) is 9.47 Å². The van der Waals surface area contributed by atoms with Gasteiger partial charge in [0.05, 0.1) is 9.85 Å². The molecule has 2 atom stereocenters. The van der Waals surface area contributed by atoms with E-state index >= 15 is 0 Å². The summed E-state index contributed by atoms with van der Waals surface area (Å²) in [6.07, 6.45) is 17.3. The standard InChI is InChI=1S/C44H70N4O8/c1-5-9-13-15-17-35-45(33-11-7-3)41(23-19-21-37-25-29-39(30-26-37)47(51)52)55-43(49)44(50)56-42(46(34-12-8-4)36-18-16-14-10-6-2)24-20-22-38-27-31-40(32-28-38)48(53)54/h25-32,41-42H,5-24,33-36H2,1-4H3. The van der Waals surface area contributed by atoms with E-state index in [0.29, 0.717) is 38.5 Å². The Balaban J connectivity index is 2.25. The molecule has 2 rings (SSSR count). The van der Waals surface area contributed by atoms with Crippen molar-refractivity contribution in [2.24, 2.45) is 0 Å². The summed E-state index contributed by atoms with van der Waals surface area (Å²) >= 11 is 0. The summed E-state index contributed by atoms with van der Waals surface area (Å²) in [4.78, 5) is 53.3. The normalized spacial score (nSPS) is 12.5. The Morgan fingerprint density at radius 2 is 0.821 bits per heavy atom. The third-order valence-electron chi connectivity index (χ3n) is 10.3. The van der Waals surface area contributed by atoms with Crippen molar-refractivity contribution in [2.45, 2.75) is 169 Å². The molecule has 0 spiro atoms. The van der Waals surface area contributed by atoms with Gasteiger partial charge in [-0.1, -0.05) is 116 Å². The first-order chi connectivity index (χ1) is 27.1. The van der Waals surface area contributed by atoms with Gasteiger partial charge in [0, 0.05) is 50.4 Å².